The van der Waals surface area contributed by atoms with Gasteiger partial charge in [0, 0.05) is 30.4 Å². The number of benzene rings is 2. The Morgan fingerprint density at radius 1 is 1.08 bits per heavy atom. The fraction of sp³-hybridized carbons (Fsp3) is 0.381. The topological polar surface area (TPSA) is 59.6 Å². The molecule has 0 atom stereocenters. The van der Waals surface area contributed by atoms with Gasteiger partial charge >= 0.3 is 0 Å². The first-order valence-corrected chi connectivity index (χ1v) is 8.81. The number of carbonyl (C=O) groups excluding carboxylic acids is 1. The van der Waals surface area contributed by atoms with Gasteiger partial charge in [0.15, 0.2) is 11.5 Å². The zero-order valence-corrected chi connectivity index (χ0v) is 16.2. The number of amides is 1. The fourth-order valence-corrected chi connectivity index (χ4v) is 2.85. The van der Waals surface area contributed by atoms with Crippen molar-refractivity contribution in [3.05, 3.63) is 47.5 Å². The number of aryl methyl sites for hydroxylation is 1. The Labute approximate surface area is 155 Å². The van der Waals surface area contributed by atoms with Crippen LogP contribution in [-0.2, 0) is 4.79 Å². The number of hydrogen-bond donors (Lipinski definition) is 2. The van der Waals surface area contributed by atoms with Crippen LogP contribution in [0.1, 0.15) is 37.3 Å². The second-order valence-corrected chi connectivity index (χ2v) is 6.49. The number of ether oxygens (including phenoxy) is 2. The molecule has 0 aliphatic heterocycles. The molecule has 0 spiro atoms. The minimum Gasteiger partial charge on any atom is -0.493 e. The number of hydrogen-bond acceptors (Lipinski definition) is 4. The lowest BCUT2D eigenvalue weighted by atomic mass is 9.98. The quantitative estimate of drug-likeness (QED) is 0.727. The Morgan fingerprint density at radius 2 is 1.81 bits per heavy atom. The summed E-state index contributed by atoms with van der Waals surface area (Å²) >= 11 is 0. The number of carbonyl (C=O) groups is 1. The minimum atomic E-state index is -0.0515. The maximum Gasteiger partial charge on any atom is 0.226 e. The van der Waals surface area contributed by atoms with E-state index in [1.54, 1.807) is 32.4 Å². The smallest absolute Gasteiger partial charge is 0.226 e. The first-order chi connectivity index (χ1) is 12.5. The number of methoxy groups -OCH3 is 2. The van der Waals surface area contributed by atoms with E-state index in [0.29, 0.717) is 36.1 Å². The van der Waals surface area contributed by atoms with E-state index in [1.807, 2.05) is 0 Å². The van der Waals surface area contributed by atoms with Crippen LogP contribution in [0.3, 0.4) is 0 Å². The molecule has 0 aliphatic carbocycles. The van der Waals surface area contributed by atoms with Crippen molar-refractivity contribution >= 4 is 17.3 Å². The van der Waals surface area contributed by atoms with Crippen LogP contribution in [0.5, 0.6) is 11.5 Å². The summed E-state index contributed by atoms with van der Waals surface area (Å²) in [6.45, 7) is 7.00. The molecule has 5 heteroatoms. The van der Waals surface area contributed by atoms with E-state index in [4.69, 9.17) is 9.47 Å². The SMILES string of the molecule is COc1ccc(NC(=O)CCNc2c(C)cccc2C(C)C)cc1OC. The average Bonchev–Trinajstić information content (AvgIpc) is 2.62. The lowest BCUT2D eigenvalue weighted by Crippen LogP contribution is -2.17. The van der Waals surface area contributed by atoms with Crippen molar-refractivity contribution in [3.63, 3.8) is 0 Å². The van der Waals surface area contributed by atoms with Gasteiger partial charge in [0.25, 0.3) is 0 Å². The molecule has 0 bridgehead atoms. The molecule has 26 heavy (non-hydrogen) atoms. The molecule has 0 saturated carbocycles. The summed E-state index contributed by atoms with van der Waals surface area (Å²) in [7, 11) is 3.15. The first kappa shape index (κ1) is 19.6. The predicted octanol–water partition coefficient (Wildman–Crippen LogP) is 4.58. The molecule has 0 unspecified atom stereocenters. The van der Waals surface area contributed by atoms with E-state index < -0.39 is 0 Å². The molecule has 2 N–H and O–H groups in total. The third-order valence-corrected chi connectivity index (χ3v) is 4.25. The van der Waals surface area contributed by atoms with Gasteiger partial charge in [0.05, 0.1) is 14.2 Å². The van der Waals surface area contributed by atoms with Crippen molar-refractivity contribution in [2.24, 2.45) is 0 Å². The molecular weight excluding hydrogens is 328 g/mol. The van der Waals surface area contributed by atoms with Gasteiger partial charge in [0.2, 0.25) is 5.91 Å². The highest BCUT2D eigenvalue weighted by atomic mass is 16.5. The van der Waals surface area contributed by atoms with E-state index in [2.05, 4.69) is 49.6 Å². The first-order valence-electron chi connectivity index (χ1n) is 8.81. The van der Waals surface area contributed by atoms with Crippen LogP contribution in [0, 0.1) is 6.92 Å². The Hall–Kier alpha value is -2.69. The Kier molecular flexibility index (Phi) is 6.89. The van der Waals surface area contributed by atoms with Gasteiger partial charge in [-0.2, -0.15) is 0 Å². The average molecular weight is 356 g/mol. The van der Waals surface area contributed by atoms with Gasteiger partial charge in [0.1, 0.15) is 0 Å². The molecule has 0 radical (unpaired) electrons. The van der Waals surface area contributed by atoms with Crippen LogP contribution < -0.4 is 20.1 Å². The summed E-state index contributed by atoms with van der Waals surface area (Å²) in [5, 5.41) is 6.31. The van der Waals surface area contributed by atoms with Crippen LogP contribution in [0.4, 0.5) is 11.4 Å². The van der Waals surface area contributed by atoms with Crippen molar-refractivity contribution in [1.29, 1.82) is 0 Å². The maximum absolute atomic E-state index is 12.2. The monoisotopic (exact) mass is 356 g/mol. The van der Waals surface area contributed by atoms with E-state index in [9.17, 15) is 4.79 Å². The molecule has 140 valence electrons. The van der Waals surface area contributed by atoms with Gasteiger partial charge < -0.3 is 20.1 Å². The normalized spacial score (nSPS) is 10.5. The van der Waals surface area contributed by atoms with Crippen LogP contribution in [0.15, 0.2) is 36.4 Å². The van der Waals surface area contributed by atoms with Gasteiger partial charge in [-0.1, -0.05) is 32.0 Å². The van der Waals surface area contributed by atoms with Crippen molar-refractivity contribution < 1.29 is 14.3 Å². The third-order valence-electron chi connectivity index (χ3n) is 4.25. The second kappa shape index (κ2) is 9.13. The van der Waals surface area contributed by atoms with E-state index in [-0.39, 0.29) is 5.91 Å². The molecule has 0 fully saturated rings. The highest BCUT2D eigenvalue weighted by molar-refractivity contribution is 5.91. The summed E-state index contributed by atoms with van der Waals surface area (Å²) in [5.41, 5.74) is 4.27. The molecule has 0 aliphatic rings. The van der Waals surface area contributed by atoms with Crippen LogP contribution in [0.25, 0.3) is 0 Å². The van der Waals surface area contributed by atoms with Crippen molar-refractivity contribution in [1.82, 2.24) is 0 Å². The lowest BCUT2D eigenvalue weighted by molar-refractivity contribution is -0.115. The fourth-order valence-electron chi connectivity index (χ4n) is 2.85. The Balaban J connectivity index is 1.94. The molecule has 0 heterocycles. The summed E-state index contributed by atoms with van der Waals surface area (Å²) in [6.07, 6.45) is 0.375. The summed E-state index contributed by atoms with van der Waals surface area (Å²) < 4.78 is 10.5. The maximum atomic E-state index is 12.2. The minimum absolute atomic E-state index is 0.0515. The Morgan fingerprint density at radius 3 is 2.46 bits per heavy atom. The van der Waals surface area contributed by atoms with Crippen LogP contribution in [-0.4, -0.2) is 26.7 Å². The van der Waals surface area contributed by atoms with Gasteiger partial charge in [-0.05, 0) is 36.1 Å². The number of anilines is 2. The standard InChI is InChI=1S/C21H28N2O3/c1-14(2)17-8-6-7-15(3)21(17)22-12-11-20(24)23-16-9-10-18(25-4)19(13-16)26-5/h6-10,13-14,22H,11-12H2,1-5H3,(H,23,24). The number of nitrogens with one attached hydrogen (secondary N) is 2. The van der Waals surface area contributed by atoms with Crippen molar-refractivity contribution in [3.8, 4) is 11.5 Å². The highest BCUT2D eigenvalue weighted by Gasteiger charge is 2.10. The number of para-hydroxylation sites is 1. The second-order valence-electron chi connectivity index (χ2n) is 6.49. The molecule has 0 aromatic heterocycles. The summed E-state index contributed by atoms with van der Waals surface area (Å²) in [4.78, 5) is 12.2. The molecule has 2 aromatic carbocycles. The van der Waals surface area contributed by atoms with Crippen LogP contribution in [0.2, 0.25) is 0 Å². The van der Waals surface area contributed by atoms with Crippen molar-refractivity contribution in [2.75, 3.05) is 31.4 Å². The number of rotatable bonds is 8. The summed E-state index contributed by atoms with van der Waals surface area (Å²) in [5.74, 6) is 1.60. The molecule has 1 amide bonds. The Bertz CT molecular complexity index is 757. The van der Waals surface area contributed by atoms with E-state index in [0.717, 1.165) is 5.69 Å². The largest absolute Gasteiger partial charge is 0.493 e. The van der Waals surface area contributed by atoms with Gasteiger partial charge in [-0.3, -0.25) is 4.79 Å². The third kappa shape index (κ3) is 4.91. The highest BCUT2D eigenvalue weighted by Crippen LogP contribution is 2.30. The van der Waals surface area contributed by atoms with Gasteiger partial charge in [-0.25, -0.2) is 0 Å². The van der Waals surface area contributed by atoms with Crippen LogP contribution >= 0.6 is 0 Å². The summed E-state index contributed by atoms with van der Waals surface area (Å²) in [6, 6.07) is 11.6. The molecule has 2 rings (SSSR count). The molecule has 2 aromatic rings. The predicted molar refractivity (Wildman–Crippen MR) is 107 cm³/mol. The lowest BCUT2D eigenvalue weighted by Gasteiger charge is -2.17. The molecular formula is C21H28N2O3. The zero-order chi connectivity index (χ0) is 19.1. The molecule has 5 nitrogen and oxygen atoms in total. The van der Waals surface area contributed by atoms with E-state index >= 15 is 0 Å². The molecule has 0 saturated heterocycles. The zero-order valence-electron chi connectivity index (χ0n) is 16.2. The van der Waals surface area contributed by atoms with Crippen molar-refractivity contribution in [2.45, 2.75) is 33.1 Å². The van der Waals surface area contributed by atoms with Gasteiger partial charge in [-0.15, -0.1) is 0 Å². The van der Waals surface area contributed by atoms with E-state index in [1.165, 1.54) is 11.1 Å².